The molecule has 0 fully saturated rings. The maximum atomic E-state index is 5.41. The van der Waals surface area contributed by atoms with E-state index in [0.29, 0.717) is 5.41 Å². The minimum absolute atomic E-state index is 0.299. The van der Waals surface area contributed by atoms with Crippen LogP contribution in [-0.2, 0) is 21.7 Å². The molecule has 0 atom stereocenters. The van der Waals surface area contributed by atoms with Crippen LogP contribution in [0, 0.1) is 5.41 Å². The molecule has 0 bridgehead atoms. The molecule has 1 aromatic carbocycles. The minimum atomic E-state index is -1.42. The molecule has 0 saturated heterocycles. The molecule has 0 heterocycles. The SMILES string of the molecule is CCc1ccccc1CC(C)(C)CC[SiH](OC)OC. The maximum absolute atomic E-state index is 5.41. The average Bonchev–Trinajstić information content (AvgIpc) is 2.40. The van der Waals surface area contributed by atoms with E-state index in [4.69, 9.17) is 8.85 Å². The van der Waals surface area contributed by atoms with Crippen molar-refractivity contribution in [3.8, 4) is 0 Å². The van der Waals surface area contributed by atoms with Crippen LogP contribution < -0.4 is 0 Å². The van der Waals surface area contributed by atoms with Gasteiger partial charge in [-0.15, -0.1) is 0 Å². The van der Waals surface area contributed by atoms with Gasteiger partial charge < -0.3 is 8.85 Å². The van der Waals surface area contributed by atoms with Crippen molar-refractivity contribution in [1.29, 1.82) is 0 Å². The Morgan fingerprint density at radius 1 is 1.05 bits per heavy atom. The van der Waals surface area contributed by atoms with Gasteiger partial charge in [-0.05, 0) is 41.8 Å². The largest absolute Gasteiger partial charge is 0.400 e. The first-order chi connectivity index (χ1) is 9.02. The van der Waals surface area contributed by atoms with Crippen LogP contribution in [0.1, 0.15) is 38.3 Å². The zero-order valence-corrected chi connectivity index (χ0v) is 14.2. The van der Waals surface area contributed by atoms with Crippen LogP contribution in [0.2, 0.25) is 6.04 Å². The Labute approximate surface area is 120 Å². The molecular formula is C16H28O2Si. The summed E-state index contributed by atoms with van der Waals surface area (Å²) in [5.74, 6) is 0. The van der Waals surface area contributed by atoms with E-state index in [1.807, 2.05) is 0 Å². The van der Waals surface area contributed by atoms with Crippen LogP contribution in [0.4, 0.5) is 0 Å². The monoisotopic (exact) mass is 280 g/mol. The lowest BCUT2D eigenvalue weighted by atomic mass is 9.82. The molecule has 0 spiro atoms. The van der Waals surface area contributed by atoms with E-state index in [1.165, 1.54) is 11.1 Å². The van der Waals surface area contributed by atoms with Gasteiger partial charge in [0, 0.05) is 14.2 Å². The van der Waals surface area contributed by atoms with Crippen LogP contribution >= 0.6 is 0 Å². The van der Waals surface area contributed by atoms with Gasteiger partial charge in [0.25, 0.3) is 0 Å². The topological polar surface area (TPSA) is 18.5 Å². The second-order valence-corrected chi connectivity index (χ2v) is 8.28. The van der Waals surface area contributed by atoms with Crippen LogP contribution in [0.3, 0.4) is 0 Å². The number of hydrogen-bond acceptors (Lipinski definition) is 2. The van der Waals surface area contributed by atoms with Crippen LogP contribution in [0.25, 0.3) is 0 Å². The lowest BCUT2D eigenvalue weighted by molar-refractivity contribution is 0.262. The zero-order chi connectivity index (χ0) is 14.3. The van der Waals surface area contributed by atoms with Gasteiger partial charge in [0.15, 0.2) is 0 Å². The van der Waals surface area contributed by atoms with Gasteiger partial charge in [0.1, 0.15) is 0 Å². The second kappa shape index (κ2) is 7.83. The second-order valence-electron chi connectivity index (χ2n) is 5.90. The molecule has 108 valence electrons. The van der Waals surface area contributed by atoms with Gasteiger partial charge >= 0.3 is 9.28 Å². The van der Waals surface area contributed by atoms with Gasteiger partial charge in [-0.2, -0.15) is 0 Å². The summed E-state index contributed by atoms with van der Waals surface area (Å²) in [5.41, 5.74) is 3.26. The fourth-order valence-corrected chi connectivity index (χ4v) is 4.20. The predicted molar refractivity (Wildman–Crippen MR) is 83.9 cm³/mol. The van der Waals surface area contributed by atoms with E-state index in [2.05, 4.69) is 45.0 Å². The van der Waals surface area contributed by atoms with Gasteiger partial charge in [-0.25, -0.2) is 0 Å². The summed E-state index contributed by atoms with van der Waals surface area (Å²) in [6.45, 7) is 6.91. The highest BCUT2D eigenvalue weighted by atomic mass is 28.3. The molecule has 1 rings (SSSR count). The molecule has 3 heteroatoms. The van der Waals surface area contributed by atoms with E-state index in [1.54, 1.807) is 14.2 Å². The van der Waals surface area contributed by atoms with E-state index < -0.39 is 9.28 Å². The van der Waals surface area contributed by atoms with Crippen molar-refractivity contribution in [3.63, 3.8) is 0 Å². The van der Waals surface area contributed by atoms with E-state index >= 15 is 0 Å². The molecule has 0 unspecified atom stereocenters. The molecule has 2 nitrogen and oxygen atoms in total. The zero-order valence-electron chi connectivity index (χ0n) is 13.0. The Morgan fingerprint density at radius 3 is 2.16 bits per heavy atom. The van der Waals surface area contributed by atoms with Crippen LogP contribution in [-0.4, -0.2) is 23.5 Å². The predicted octanol–water partition coefficient (Wildman–Crippen LogP) is 3.72. The van der Waals surface area contributed by atoms with E-state index in [0.717, 1.165) is 25.3 Å². The molecule has 0 aliphatic heterocycles. The van der Waals surface area contributed by atoms with Crippen molar-refractivity contribution in [2.24, 2.45) is 5.41 Å². The molecule has 0 aliphatic carbocycles. The summed E-state index contributed by atoms with van der Waals surface area (Å²) in [5, 5.41) is 0. The quantitative estimate of drug-likeness (QED) is 0.676. The number of hydrogen-bond donors (Lipinski definition) is 0. The lowest BCUT2D eigenvalue weighted by Crippen LogP contribution is -2.24. The van der Waals surface area contributed by atoms with Crippen molar-refractivity contribution in [2.45, 2.75) is 46.1 Å². The first-order valence-corrected chi connectivity index (χ1v) is 8.90. The van der Waals surface area contributed by atoms with Crippen molar-refractivity contribution in [1.82, 2.24) is 0 Å². The van der Waals surface area contributed by atoms with Crippen molar-refractivity contribution in [3.05, 3.63) is 35.4 Å². The summed E-state index contributed by atoms with van der Waals surface area (Å²) in [4.78, 5) is 0. The fraction of sp³-hybridized carbons (Fsp3) is 0.625. The highest BCUT2D eigenvalue weighted by Crippen LogP contribution is 2.30. The van der Waals surface area contributed by atoms with E-state index in [-0.39, 0.29) is 0 Å². The summed E-state index contributed by atoms with van der Waals surface area (Å²) >= 11 is 0. The van der Waals surface area contributed by atoms with Crippen molar-refractivity contribution in [2.75, 3.05) is 14.2 Å². The molecule has 0 aromatic heterocycles. The molecule has 0 saturated carbocycles. The summed E-state index contributed by atoms with van der Waals surface area (Å²) in [7, 11) is 2.11. The highest BCUT2D eigenvalue weighted by Gasteiger charge is 2.22. The van der Waals surface area contributed by atoms with Gasteiger partial charge in [0.05, 0.1) is 0 Å². The smallest absolute Gasteiger partial charge is 0.320 e. The summed E-state index contributed by atoms with van der Waals surface area (Å²) < 4.78 is 10.8. The van der Waals surface area contributed by atoms with Gasteiger partial charge in [-0.1, -0.05) is 45.0 Å². The van der Waals surface area contributed by atoms with Crippen LogP contribution in [0.15, 0.2) is 24.3 Å². The van der Waals surface area contributed by atoms with Crippen LogP contribution in [0.5, 0.6) is 0 Å². The normalized spacial score (nSPS) is 12.1. The van der Waals surface area contributed by atoms with Crippen molar-refractivity contribution >= 4 is 9.28 Å². The van der Waals surface area contributed by atoms with Gasteiger partial charge in [0.2, 0.25) is 0 Å². The highest BCUT2D eigenvalue weighted by molar-refractivity contribution is 6.44. The third-order valence-corrected chi connectivity index (χ3v) is 5.56. The Hall–Kier alpha value is -0.643. The Bertz CT molecular complexity index is 373. The molecular weight excluding hydrogens is 252 g/mol. The lowest BCUT2D eigenvalue weighted by Gasteiger charge is -2.27. The first-order valence-electron chi connectivity index (χ1n) is 7.14. The number of rotatable bonds is 8. The fourth-order valence-electron chi connectivity index (χ4n) is 2.52. The Morgan fingerprint density at radius 2 is 1.63 bits per heavy atom. The molecule has 0 radical (unpaired) electrons. The molecule has 0 N–H and O–H groups in total. The maximum Gasteiger partial charge on any atom is 0.320 e. The number of benzene rings is 1. The molecule has 0 amide bonds. The Balaban J connectivity index is 2.63. The summed E-state index contributed by atoms with van der Waals surface area (Å²) in [6, 6.07) is 9.87. The molecule has 1 aromatic rings. The van der Waals surface area contributed by atoms with Crippen molar-refractivity contribution < 1.29 is 8.85 Å². The third-order valence-electron chi connectivity index (χ3n) is 3.75. The first kappa shape index (κ1) is 16.4. The molecule has 19 heavy (non-hydrogen) atoms. The third kappa shape index (κ3) is 5.47. The standard InChI is InChI=1S/C16H28O2Si/c1-6-14-9-7-8-10-15(14)13-16(2,3)11-12-19(17-4)18-5/h7-10,19H,6,11-13H2,1-5H3. The minimum Gasteiger partial charge on any atom is -0.400 e. The van der Waals surface area contributed by atoms with E-state index in [9.17, 15) is 0 Å². The summed E-state index contributed by atoms with van der Waals surface area (Å²) in [6.07, 6.45) is 3.40. The molecule has 0 aliphatic rings. The number of aryl methyl sites for hydroxylation is 1. The average molecular weight is 280 g/mol. The Kier molecular flexibility index (Phi) is 6.76. The van der Waals surface area contributed by atoms with Gasteiger partial charge in [-0.3, -0.25) is 0 Å².